The molecule has 0 saturated carbocycles. The Morgan fingerprint density at radius 2 is 1.22 bits per heavy atom. The van der Waals surface area contributed by atoms with Crippen LogP contribution in [-0.4, -0.2) is 0 Å². The third-order valence-electron chi connectivity index (χ3n) is 1.70. The summed E-state index contributed by atoms with van der Waals surface area (Å²) in [4.78, 5) is 1.02. The van der Waals surface area contributed by atoms with Gasteiger partial charge < -0.3 is 0 Å². The normalized spacial score (nSPS) is 8.94. The minimum Gasteiger partial charge on any atom is -0.143 e. The summed E-state index contributed by atoms with van der Waals surface area (Å²) in [7, 11) is 0. The van der Waals surface area contributed by atoms with Crippen molar-refractivity contribution in [2.24, 2.45) is 0 Å². The minimum absolute atomic E-state index is 0. The molecule has 0 aromatic heterocycles. The van der Waals surface area contributed by atoms with Crippen molar-refractivity contribution in [2.75, 3.05) is 0 Å². The number of thiol groups is 1. The maximum Gasteiger partial charge on any atom is 0.0398 e. The van der Waals surface area contributed by atoms with Gasteiger partial charge in [-0.1, -0.05) is 18.2 Å². The summed E-state index contributed by atoms with van der Waals surface area (Å²) in [6, 6.07) is 14.2. The SMILES string of the molecule is Ic1cc(I)c(I)c(I)c1.Sc1ccccc1.[Zn]. The molecule has 0 aliphatic carbocycles. The zero-order chi connectivity index (χ0) is 12.8. The van der Waals surface area contributed by atoms with Gasteiger partial charge in [0.2, 0.25) is 0 Å². The number of hydrogen-bond donors (Lipinski definition) is 1. The predicted octanol–water partition coefficient (Wildman–Crippen LogP) is 6.08. The van der Waals surface area contributed by atoms with Gasteiger partial charge in [0.05, 0.1) is 0 Å². The van der Waals surface area contributed by atoms with Crippen LogP contribution in [0.5, 0.6) is 0 Å². The Balaban J connectivity index is 0.000000321. The molecule has 18 heavy (non-hydrogen) atoms. The third-order valence-corrected chi connectivity index (χ3v) is 7.55. The molecule has 0 fully saturated rings. The minimum atomic E-state index is 0. The van der Waals surface area contributed by atoms with Crippen LogP contribution in [0.3, 0.4) is 0 Å². The van der Waals surface area contributed by atoms with Crippen LogP contribution in [0.2, 0.25) is 0 Å². The summed E-state index contributed by atoms with van der Waals surface area (Å²) in [6.45, 7) is 0. The van der Waals surface area contributed by atoms with Crippen molar-refractivity contribution in [3.63, 3.8) is 0 Å². The number of halogens is 4. The van der Waals surface area contributed by atoms with Crippen molar-refractivity contribution in [1.82, 2.24) is 0 Å². The summed E-state index contributed by atoms with van der Waals surface area (Å²) in [5, 5.41) is 0. The Kier molecular flexibility index (Phi) is 12.4. The van der Waals surface area contributed by atoms with Gasteiger partial charge >= 0.3 is 0 Å². The number of hydrogen-bond acceptors (Lipinski definition) is 1. The van der Waals surface area contributed by atoms with E-state index in [0.29, 0.717) is 0 Å². The summed E-state index contributed by atoms with van der Waals surface area (Å²) < 4.78 is 5.36. The van der Waals surface area contributed by atoms with E-state index in [9.17, 15) is 0 Å². The van der Waals surface area contributed by atoms with Gasteiger partial charge in [-0.3, -0.25) is 0 Å². The Morgan fingerprint density at radius 3 is 1.56 bits per heavy atom. The molecule has 0 amide bonds. The summed E-state index contributed by atoms with van der Waals surface area (Å²) in [5.41, 5.74) is 0. The van der Waals surface area contributed by atoms with Gasteiger partial charge in [-0.2, -0.15) is 0 Å². The van der Waals surface area contributed by atoms with E-state index in [0.717, 1.165) is 4.90 Å². The van der Waals surface area contributed by atoms with Crippen molar-refractivity contribution >= 4 is 103 Å². The fourth-order valence-corrected chi connectivity index (χ4v) is 5.02. The summed E-state index contributed by atoms with van der Waals surface area (Å²) >= 11 is 13.5. The standard InChI is InChI=1S/C6H2I4.C6H6S.Zn/c7-3-1-4(8)6(10)5(9)2-3;7-6-4-2-1-3-5-6;/h1-2H;1-5,7H;. The molecule has 92 valence electrons. The second-order valence-electron chi connectivity index (χ2n) is 3.02. The van der Waals surface area contributed by atoms with Gasteiger partial charge in [0.1, 0.15) is 0 Å². The number of rotatable bonds is 0. The third kappa shape index (κ3) is 7.94. The van der Waals surface area contributed by atoms with Crippen molar-refractivity contribution in [3.05, 3.63) is 56.7 Å². The predicted molar refractivity (Wildman–Crippen MR) is 111 cm³/mol. The van der Waals surface area contributed by atoms with Crippen LogP contribution in [-0.2, 0) is 19.5 Å². The zero-order valence-electron chi connectivity index (χ0n) is 9.21. The molecule has 0 nitrogen and oxygen atoms in total. The van der Waals surface area contributed by atoms with Crippen LogP contribution in [0.15, 0.2) is 47.4 Å². The fraction of sp³-hybridized carbons (Fsp3) is 0. The molecular formula is C12H8I4SZn. The van der Waals surface area contributed by atoms with E-state index >= 15 is 0 Å². The van der Waals surface area contributed by atoms with Crippen molar-refractivity contribution in [2.45, 2.75) is 4.90 Å². The molecule has 2 aromatic carbocycles. The Hall–Kier alpha value is 2.33. The Morgan fingerprint density at radius 1 is 0.778 bits per heavy atom. The van der Waals surface area contributed by atoms with Crippen LogP contribution < -0.4 is 0 Å². The van der Waals surface area contributed by atoms with Crippen molar-refractivity contribution in [1.29, 1.82) is 0 Å². The second kappa shape index (κ2) is 11.0. The van der Waals surface area contributed by atoms with Crippen molar-refractivity contribution < 1.29 is 19.5 Å². The maximum absolute atomic E-state index is 4.08. The average molecular weight is 757 g/mol. The molecular weight excluding hydrogens is 749 g/mol. The van der Waals surface area contributed by atoms with E-state index in [1.165, 1.54) is 14.3 Å². The monoisotopic (exact) mass is 756 g/mol. The summed E-state index contributed by atoms with van der Waals surface area (Å²) in [6.07, 6.45) is 0. The number of benzene rings is 2. The first kappa shape index (κ1) is 20.3. The average Bonchev–Trinajstić information content (AvgIpc) is 2.27. The van der Waals surface area contributed by atoms with E-state index in [1.807, 2.05) is 30.3 Å². The topological polar surface area (TPSA) is 0 Å². The molecule has 0 heterocycles. The van der Waals surface area contributed by atoms with Crippen LogP contribution in [0.4, 0.5) is 0 Å². The summed E-state index contributed by atoms with van der Waals surface area (Å²) in [5.74, 6) is 0. The first-order chi connectivity index (χ1) is 8.00. The van der Waals surface area contributed by atoms with Crippen LogP contribution in [0.1, 0.15) is 0 Å². The van der Waals surface area contributed by atoms with Gasteiger partial charge in [-0.25, -0.2) is 0 Å². The Bertz CT molecular complexity index is 468. The molecule has 0 N–H and O–H groups in total. The molecule has 0 spiro atoms. The molecule has 0 bridgehead atoms. The van der Waals surface area contributed by atoms with E-state index in [2.05, 4.69) is 115 Å². The van der Waals surface area contributed by atoms with Gasteiger partial charge in [-0.15, -0.1) is 12.6 Å². The molecule has 6 heteroatoms. The fourth-order valence-electron chi connectivity index (χ4n) is 0.953. The zero-order valence-corrected chi connectivity index (χ0v) is 21.7. The van der Waals surface area contributed by atoms with Gasteiger partial charge in [0.25, 0.3) is 0 Å². The van der Waals surface area contributed by atoms with Crippen LogP contribution >= 0.6 is 103 Å². The molecule has 0 aliphatic heterocycles. The molecule has 0 saturated heterocycles. The van der Waals surface area contributed by atoms with Crippen LogP contribution in [0, 0.1) is 14.3 Å². The van der Waals surface area contributed by atoms with Crippen molar-refractivity contribution in [3.8, 4) is 0 Å². The molecule has 0 unspecified atom stereocenters. The van der Waals surface area contributed by atoms with Gasteiger partial charge in [0.15, 0.2) is 0 Å². The van der Waals surface area contributed by atoms with E-state index in [4.69, 9.17) is 0 Å². The quantitative estimate of drug-likeness (QED) is 0.109. The molecule has 2 rings (SSSR count). The Labute approximate surface area is 181 Å². The van der Waals surface area contributed by atoms with Gasteiger partial charge in [0, 0.05) is 38.7 Å². The maximum atomic E-state index is 4.08. The van der Waals surface area contributed by atoms with Gasteiger partial charge in [-0.05, 0) is 115 Å². The molecule has 2 aromatic rings. The molecule has 0 atom stereocenters. The van der Waals surface area contributed by atoms with E-state index < -0.39 is 0 Å². The van der Waals surface area contributed by atoms with Crippen LogP contribution in [0.25, 0.3) is 0 Å². The molecule has 0 radical (unpaired) electrons. The first-order valence-electron chi connectivity index (χ1n) is 4.54. The molecule has 0 aliphatic rings. The second-order valence-corrected chi connectivity index (χ2v) is 8.18. The first-order valence-corrected chi connectivity index (χ1v) is 9.31. The van der Waals surface area contributed by atoms with E-state index in [1.54, 1.807) is 0 Å². The largest absolute Gasteiger partial charge is 0.143 e. The van der Waals surface area contributed by atoms with E-state index in [-0.39, 0.29) is 19.5 Å². The smallest absolute Gasteiger partial charge is 0.0398 e.